The minimum atomic E-state index is -0.413. The first-order chi connectivity index (χ1) is 9.10. The van der Waals surface area contributed by atoms with Crippen molar-refractivity contribution in [3.8, 4) is 0 Å². The van der Waals surface area contributed by atoms with Crippen molar-refractivity contribution in [3.63, 3.8) is 0 Å². The van der Waals surface area contributed by atoms with Gasteiger partial charge in [0.05, 0.1) is 23.2 Å². The van der Waals surface area contributed by atoms with E-state index >= 15 is 0 Å². The van der Waals surface area contributed by atoms with Gasteiger partial charge in [0.1, 0.15) is 0 Å². The van der Waals surface area contributed by atoms with Crippen molar-refractivity contribution in [2.24, 2.45) is 0 Å². The smallest absolute Gasteiger partial charge is 0.274 e. The Bertz CT molecular complexity index is 597. The fourth-order valence-corrected chi connectivity index (χ4v) is 2.02. The van der Waals surface area contributed by atoms with E-state index in [0.29, 0.717) is 23.7 Å². The minimum absolute atomic E-state index is 0.0510. The van der Waals surface area contributed by atoms with Crippen molar-refractivity contribution in [3.05, 3.63) is 56.9 Å². The standard InChI is InChI=1S/C12H13ClN4O2/c1-14-5-9-6-15-16(7-9)8-10-4-11(13)2-3-12(10)17(18)19/h2-4,6-7,14H,5,8H2,1H3. The molecule has 1 N–H and O–H groups in total. The molecule has 0 saturated heterocycles. The van der Waals surface area contributed by atoms with Gasteiger partial charge < -0.3 is 5.32 Å². The zero-order valence-electron chi connectivity index (χ0n) is 10.3. The Kier molecular flexibility index (Phi) is 4.13. The molecule has 7 heteroatoms. The van der Waals surface area contributed by atoms with Gasteiger partial charge in [-0.1, -0.05) is 11.6 Å². The Morgan fingerprint density at radius 2 is 2.32 bits per heavy atom. The Morgan fingerprint density at radius 3 is 3.00 bits per heavy atom. The number of benzene rings is 1. The van der Waals surface area contributed by atoms with Gasteiger partial charge in [-0.05, 0) is 19.2 Å². The molecule has 0 aliphatic heterocycles. The van der Waals surface area contributed by atoms with Crippen LogP contribution in [0.25, 0.3) is 0 Å². The maximum absolute atomic E-state index is 11.0. The second-order valence-corrected chi connectivity index (χ2v) is 4.54. The van der Waals surface area contributed by atoms with Crippen LogP contribution in [0.4, 0.5) is 5.69 Å². The summed E-state index contributed by atoms with van der Waals surface area (Å²) in [6.45, 7) is 1.03. The Hall–Kier alpha value is -1.92. The second-order valence-electron chi connectivity index (χ2n) is 4.11. The predicted octanol–water partition coefficient (Wildman–Crippen LogP) is 2.21. The van der Waals surface area contributed by atoms with Crippen LogP contribution in [0.15, 0.2) is 30.6 Å². The molecule has 1 aromatic heterocycles. The number of hydrogen-bond donors (Lipinski definition) is 1. The molecule has 2 aromatic rings. The largest absolute Gasteiger partial charge is 0.316 e. The number of nitro groups is 1. The van der Waals surface area contributed by atoms with Crippen LogP contribution in [0.3, 0.4) is 0 Å². The minimum Gasteiger partial charge on any atom is -0.316 e. The molecule has 19 heavy (non-hydrogen) atoms. The number of rotatable bonds is 5. The molecule has 0 saturated carbocycles. The van der Waals surface area contributed by atoms with E-state index in [2.05, 4.69) is 10.4 Å². The van der Waals surface area contributed by atoms with E-state index in [-0.39, 0.29) is 5.69 Å². The van der Waals surface area contributed by atoms with Crippen molar-refractivity contribution in [1.82, 2.24) is 15.1 Å². The predicted molar refractivity (Wildman–Crippen MR) is 72.2 cm³/mol. The van der Waals surface area contributed by atoms with Gasteiger partial charge in [0.2, 0.25) is 0 Å². The highest BCUT2D eigenvalue weighted by molar-refractivity contribution is 6.30. The van der Waals surface area contributed by atoms with Gasteiger partial charge in [-0.3, -0.25) is 14.8 Å². The maximum atomic E-state index is 11.0. The summed E-state index contributed by atoms with van der Waals surface area (Å²) in [5, 5.41) is 18.6. The fourth-order valence-electron chi connectivity index (χ4n) is 1.82. The summed E-state index contributed by atoms with van der Waals surface area (Å²) >= 11 is 5.88. The zero-order chi connectivity index (χ0) is 13.8. The number of nitrogens with zero attached hydrogens (tertiary/aromatic N) is 3. The highest BCUT2D eigenvalue weighted by atomic mass is 35.5. The first kappa shape index (κ1) is 13.5. The van der Waals surface area contributed by atoms with Crippen LogP contribution in [-0.2, 0) is 13.1 Å². The SMILES string of the molecule is CNCc1cnn(Cc2cc(Cl)ccc2[N+](=O)[O-])c1. The Balaban J connectivity index is 2.26. The van der Waals surface area contributed by atoms with Crippen molar-refractivity contribution in [2.75, 3.05) is 7.05 Å². The zero-order valence-corrected chi connectivity index (χ0v) is 11.1. The maximum Gasteiger partial charge on any atom is 0.274 e. The van der Waals surface area contributed by atoms with Crippen LogP contribution in [0, 0.1) is 10.1 Å². The Labute approximate surface area is 115 Å². The monoisotopic (exact) mass is 280 g/mol. The van der Waals surface area contributed by atoms with Crippen LogP contribution in [-0.4, -0.2) is 21.8 Å². The molecule has 0 spiro atoms. The highest BCUT2D eigenvalue weighted by Gasteiger charge is 2.14. The first-order valence-corrected chi connectivity index (χ1v) is 6.06. The normalized spacial score (nSPS) is 10.6. The average molecular weight is 281 g/mol. The third kappa shape index (κ3) is 3.30. The van der Waals surface area contributed by atoms with Crippen LogP contribution >= 0.6 is 11.6 Å². The molecule has 0 atom stereocenters. The van der Waals surface area contributed by atoms with E-state index in [9.17, 15) is 10.1 Å². The second kappa shape index (κ2) is 5.81. The van der Waals surface area contributed by atoms with Crippen LogP contribution in [0.1, 0.15) is 11.1 Å². The number of nitrogens with one attached hydrogen (secondary N) is 1. The number of hydrogen-bond acceptors (Lipinski definition) is 4. The van der Waals surface area contributed by atoms with Gasteiger partial charge >= 0.3 is 0 Å². The van der Waals surface area contributed by atoms with Gasteiger partial charge in [0.15, 0.2) is 0 Å². The molecule has 0 radical (unpaired) electrons. The molecule has 0 fully saturated rings. The van der Waals surface area contributed by atoms with E-state index < -0.39 is 4.92 Å². The summed E-state index contributed by atoms with van der Waals surface area (Å²) in [5.74, 6) is 0. The van der Waals surface area contributed by atoms with Gasteiger partial charge in [-0.15, -0.1) is 0 Å². The lowest BCUT2D eigenvalue weighted by atomic mass is 10.2. The van der Waals surface area contributed by atoms with Crippen molar-refractivity contribution < 1.29 is 4.92 Å². The fraction of sp³-hybridized carbons (Fsp3) is 0.250. The molecule has 100 valence electrons. The van der Waals surface area contributed by atoms with Crippen LogP contribution in [0.2, 0.25) is 5.02 Å². The van der Waals surface area contributed by atoms with Crippen molar-refractivity contribution in [1.29, 1.82) is 0 Å². The van der Waals surface area contributed by atoms with Crippen LogP contribution < -0.4 is 5.32 Å². The highest BCUT2D eigenvalue weighted by Crippen LogP contribution is 2.23. The van der Waals surface area contributed by atoms with E-state index in [1.165, 1.54) is 12.1 Å². The van der Waals surface area contributed by atoms with E-state index in [1.54, 1.807) is 16.9 Å². The molecule has 0 amide bonds. The quantitative estimate of drug-likeness (QED) is 0.673. The van der Waals surface area contributed by atoms with Crippen LogP contribution in [0.5, 0.6) is 0 Å². The molecule has 6 nitrogen and oxygen atoms in total. The van der Waals surface area contributed by atoms with Gasteiger partial charge in [0, 0.05) is 29.4 Å². The van der Waals surface area contributed by atoms with Gasteiger partial charge in [-0.25, -0.2) is 0 Å². The topological polar surface area (TPSA) is 73.0 Å². The number of aromatic nitrogens is 2. The van der Waals surface area contributed by atoms with E-state index in [0.717, 1.165) is 5.56 Å². The lowest BCUT2D eigenvalue weighted by molar-refractivity contribution is -0.385. The number of halogens is 1. The van der Waals surface area contributed by atoms with Crippen molar-refractivity contribution in [2.45, 2.75) is 13.1 Å². The molecule has 0 bridgehead atoms. The molecule has 0 aliphatic rings. The first-order valence-electron chi connectivity index (χ1n) is 5.69. The summed E-state index contributed by atoms with van der Waals surface area (Å²) in [7, 11) is 1.85. The molecule has 0 aliphatic carbocycles. The summed E-state index contributed by atoms with van der Waals surface area (Å²) in [6, 6.07) is 4.52. The van der Waals surface area contributed by atoms with E-state index in [1.807, 2.05) is 13.2 Å². The Morgan fingerprint density at radius 1 is 1.53 bits per heavy atom. The van der Waals surface area contributed by atoms with Crippen molar-refractivity contribution >= 4 is 17.3 Å². The molecular weight excluding hydrogens is 268 g/mol. The summed E-state index contributed by atoms with van der Waals surface area (Å²) in [4.78, 5) is 10.5. The molecule has 0 unspecified atom stereocenters. The molecule has 1 aromatic carbocycles. The summed E-state index contributed by atoms with van der Waals surface area (Å²) < 4.78 is 1.66. The lowest BCUT2D eigenvalue weighted by Gasteiger charge is -2.04. The molecule has 1 heterocycles. The molecule has 2 rings (SSSR count). The third-order valence-electron chi connectivity index (χ3n) is 2.64. The van der Waals surface area contributed by atoms with E-state index in [4.69, 9.17) is 11.6 Å². The molecular formula is C12H13ClN4O2. The third-order valence-corrected chi connectivity index (χ3v) is 2.87. The van der Waals surface area contributed by atoms with Gasteiger partial charge in [-0.2, -0.15) is 5.10 Å². The lowest BCUT2D eigenvalue weighted by Crippen LogP contribution is -2.05. The van der Waals surface area contributed by atoms with Gasteiger partial charge in [0.25, 0.3) is 5.69 Å². The summed E-state index contributed by atoms with van der Waals surface area (Å²) in [5.41, 5.74) is 1.61. The summed E-state index contributed by atoms with van der Waals surface area (Å²) in [6.07, 6.45) is 3.58. The average Bonchev–Trinajstić information content (AvgIpc) is 2.77. The number of nitro benzene ring substituents is 1.